The van der Waals surface area contributed by atoms with E-state index in [9.17, 15) is 19.2 Å². The third-order valence-corrected chi connectivity index (χ3v) is 10.8. The van der Waals surface area contributed by atoms with Crippen LogP contribution in [0.15, 0.2) is 59.9 Å². The van der Waals surface area contributed by atoms with E-state index in [-0.39, 0.29) is 23.6 Å². The molecule has 0 saturated carbocycles. The second-order valence-corrected chi connectivity index (χ2v) is 13.6. The fourth-order valence-electron chi connectivity index (χ4n) is 8.42. The molecule has 2 saturated heterocycles. The molecule has 2 fully saturated rings. The van der Waals surface area contributed by atoms with E-state index in [1.165, 1.54) is 0 Å². The zero-order chi connectivity index (χ0) is 33.2. The molecular weight excluding hydrogens is 620 g/mol. The summed E-state index contributed by atoms with van der Waals surface area (Å²) >= 11 is 0. The van der Waals surface area contributed by atoms with E-state index in [0.717, 1.165) is 83.6 Å². The number of carbonyl (C=O) groups excluding carboxylic acids is 4. The molecule has 4 bridgehead atoms. The molecule has 11 rings (SSSR count). The summed E-state index contributed by atoms with van der Waals surface area (Å²) in [5, 5.41) is 7.04. The zero-order valence-electron chi connectivity index (χ0n) is 27.2. The van der Waals surface area contributed by atoms with Crippen LogP contribution in [0.1, 0.15) is 28.9 Å². The van der Waals surface area contributed by atoms with Crippen molar-refractivity contribution < 1.29 is 19.2 Å². The van der Waals surface area contributed by atoms with Crippen LogP contribution in [0.4, 0.5) is 0 Å². The van der Waals surface area contributed by atoms with Gasteiger partial charge in [0.1, 0.15) is 11.4 Å². The summed E-state index contributed by atoms with van der Waals surface area (Å²) < 4.78 is 0. The van der Waals surface area contributed by atoms with Gasteiger partial charge < -0.3 is 19.8 Å². The van der Waals surface area contributed by atoms with Crippen molar-refractivity contribution in [2.45, 2.75) is 19.3 Å². The Morgan fingerprint density at radius 3 is 1.29 bits per heavy atom. The van der Waals surface area contributed by atoms with Crippen molar-refractivity contribution in [2.75, 3.05) is 65.4 Å². The Hall–Kier alpha value is -5.20. The Morgan fingerprint density at radius 1 is 0.469 bits per heavy atom. The summed E-state index contributed by atoms with van der Waals surface area (Å²) in [6, 6.07) is 15.8. The first-order valence-electron chi connectivity index (χ1n) is 17.3. The first kappa shape index (κ1) is 29.9. The second kappa shape index (κ2) is 11.7. The van der Waals surface area contributed by atoms with E-state index in [1.807, 2.05) is 48.5 Å². The van der Waals surface area contributed by atoms with Crippen molar-refractivity contribution in [1.29, 1.82) is 0 Å². The van der Waals surface area contributed by atoms with Crippen molar-refractivity contribution >= 4 is 56.6 Å². The van der Waals surface area contributed by atoms with Crippen LogP contribution in [-0.4, -0.2) is 119 Å². The number of piperazine rings is 2. The van der Waals surface area contributed by atoms with Crippen LogP contribution in [0.2, 0.25) is 0 Å². The second-order valence-electron chi connectivity index (χ2n) is 13.6. The number of aryl methyl sites for hydroxylation is 2. The zero-order valence-corrected chi connectivity index (χ0v) is 27.2. The number of carbonyl (C=O) groups is 4. The van der Waals surface area contributed by atoms with Gasteiger partial charge in [0.2, 0.25) is 0 Å². The molecule has 0 spiro atoms. The topological polar surface area (TPSA) is 137 Å². The lowest BCUT2D eigenvalue weighted by Crippen LogP contribution is -2.51. The lowest BCUT2D eigenvalue weighted by atomic mass is 9.95. The van der Waals surface area contributed by atoms with Gasteiger partial charge in [0.25, 0.3) is 23.6 Å². The molecule has 49 heavy (non-hydrogen) atoms. The lowest BCUT2D eigenvalue weighted by Gasteiger charge is -2.39. The number of nitrogens with zero attached hydrogens (tertiary/aromatic N) is 4. The van der Waals surface area contributed by atoms with Crippen LogP contribution in [0.25, 0.3) is 33.0 Å². The molecular formula is C37H38N8O4. The fourth-order valence-corrected chi connectivity index (χ4v) is 8.42. The molecule has 4 aromatic rings. The van der Waals surface area contributed by atoms with Crippen molar-refractivity contribution in [3.8, 4) is 0 Å². The summed E-state index contributed by atoms with van der Waals surface area (Å²) in [7, 11) is 0. The minimum Gasteiger partial charge on any atom is -0.364 e. The number of imide groups is 2. The molecule has 250 valence electrons. The number of aromatic amines is 2. The largest absolute Gasteiger partial charge is 0.364 e. The van der Waals surface area contributed by atoms with Crippen LogP contribution in [-0.2, 0) is 32.0 Å². The minimum atomic E-state index is -0.361. The van der Waals surface area contributed by atoms with E-state index in [1.54, 1.807) is 0 Å². The number of aromatic nitrogens is 2. The molecule has 0 radical (unpaired) electrons. The third-order valence-electron chi connectivity index (χ3n) is 10.8. The average molecular weight is 659 g/mol. The van der Waals surface area contributed by atoms with Gasteiger partial charge in [0.15, 0.2) is 0 Å². The van der Waals surface area contributed by atoms with Gasteiger partial charge in [-0.2, -0.15) is 0 Å². The maximum atomic E-state index is 13.6. The monoisotopic (exact) mass is 658 g/mol. The number of rotatable bonds is 0. The molecule has 2 aromatic heterocycles. The van der Waals surface area contributed by atoms with Gasteiger partial charge in [-0.15, -0.1) is 0 Å². The number of hydrogen-bond donors (Lipinski definition) is 4. The summed E-state index contributed by atoms with van der Waals surface area (Å²) in [5.41, 5.74) is 6.98. The molecule has 0 aliphatic carbocycles. The molecule has 12 heteroatoms. The van der Waals surface area contributed by atoms with Gasteiger partial charge in [0.05, 0.1) is 11.1 Å². The molecule has 0 atom stereocenters. The Bertz CT molecular complexity index is 1970. The van der Waals surface area contributed by atoms with E-state index in [4.69, 9.17) is 0 Å². The highest BCUT2D eigenvalue weighted by Crippen LogP contribution is 2.38. The third kappa shape index (κ3) is 4.96. The van der Waals surface area contributed by atoms with Gasteiger partial charge in [-0.1, -0.05) is 36.4 Å². The Morgan fingerprint density at radius 2 is 0.857 bits per heavy atom. The van der Waals surface area contributed by atoms with Crippen molar-refractivity contribution in [1.82, 2.24) is 40.2 Å². The van der Waals surface area contributed by atoms with Crippen LogP contribution in [0, 0.1) is 0 Å². The molecule has 4 amide bonds. The number of nitrogens with one attached hydrogen (secondary N) is 4. The molecule has 7 aliphatic heterocycles. The highest BCUT2D eigenvalue weighted by molar-refractivity contribution is 6.38. The van der Waals surface area contributed by atoms with Crippen LogP contribution < -0.4 is 10.6 Å². The highest BCUT2D eigenvalue weighted by atomic mass is 16.2. The minimum absolute atomic E-state index is 0.336. The van der Waals surface area contributed by atoms with Crippen molar-refractivity contribution in [3.63, 3.8) is 0 Å². The van der Waals surface area contributed by atoms with E-state index in [2.05, 4.69) is 40.2 Å². The number of fused-ring (bicyclic) bond motifs is 4. The van der Waals surface area contributed by atoms with Crippen LogP contribution in [0.5, 0.6) is 0 Å². The van der Waals surface area contributed by atoms with Gasteiger partial charge in [0, 0.05) is 110 Å². The molecule has 4 N–H and O–H groups in total. The summed E-state index contributed by atoms with van der Waals surface area (Å²) in [5.74, 6) is -1.39. The smallest absolute Gasteiger partial charge is 0.275 e. The fraction of sp³-hybridized carbons (Fsp3) is 0.351. The summed E-state index contributed by atoms with van der Waals surface area (Å²) in [6.07, 6.45) is 1.89. The van der Waals surface area contributed by atoms with Crippen LogP contribution >= 0.6 is 0 Å². The Balaban J connectivity index is 1.17. The maximum absolute atomic E-state index is 13.6. The van der Waals surface area contributed by atoms with Crippen LogP contribution in [0.3, 0.4) is 0 Å². The predicted octanol–water partition coefficient (Wildman–Crippen LogP) is 1.81. The van der Waals surface area contributed by atoms with Gasteiger partial charge in [-0.3, -0.25) is 39.6 Å². The number of H-pyrrole nitrogens is 2. The van der Waals surface area contributed by atoms with Gasteiger partial charge >= 0.3 is 0 Å². The number of benzene rings is 2. The number of hydrogen-bond acceptors (Lipinski definition) is 8. The quantitative estimate of drug-likeness (QED) is 0.210. The van der Waals surface area contributed by atoms with E-state index in [0.29, 0.717) is 68.0 Å². The Labute approximate surface area is 282 Å². The standard InChI is InChI=1S/C37H38N8O4/c46-34-30-28-22-6-1-3-8-24(22)38-26(28)10-5-11-27-29(23-7-2-4-9-25(23)39-27)31-33(37(49)41-35(31)47)45-20-16-43(17-21-45)13-12-42-14-18-44(19-15-42)32(30)36(48)40-34/h1-4,6-9,38-39H,5,10-21H2,(H,40,46,48)(H,41,47,49). The van der Waals surface area contributed by atoms with E-state index < -0.39 is 0 Å². The van der Waals surface area contributed by atoms with Crippen molar-refractivity contribution in [3.05, 3.63) is 82.4 Å². The summed E-state index contributed by atoms with van der Waals surface area (Å²) in [6.45, 7) is 7.61. The predicted molar refractivity (Wildman–Crippen MR) is 185 cm³/mol. The Kier molecular flexibility index (Phi) is 7.17. The lowest BCUT2D eigenvalue weighted by molar-refractivity contribution is -0.126. The number of amides is 4. The maximum Gasteiger partial charge on any atom is 0.275 e. The molecule has 0 unspecified atom stereocenters. The first-order valence-corrected chi connectivity index (χ1v) is 17.3. The molecule has 12 nitrogen and oxygen atoms in total. The average Bonchev–Trinajstić information content (AvgIpc) is 3.82. The normalized spacial score (nSPS) is 23.5. The molecule has 9 heterocycles. The highest BCUT2D eigenvalue weighted by Gasteiger charge is 2.40. The first-order chi connectivity index (χ1) is 23.9. The van der Waals surface area contributed by atoms with Gasteiger partial charge in [-0.05, 0) is 31.4 Å². The molecule has 7 aliphatic rings. The SMILES string of the molecule is O=C1NC(=O)C2=C1c1c([nH]c3ccccc13)CCCc1[nH]c3ccccc3c1C1=C(C(=O)NC1=O)N1CCN(CCN3CCN2CC3)CC1. The molecule has 2 aromatic carbocycles. The summed E-state index contributed by atoms with van der Waals surface area (Å²) in [4.78, 5) is 70.2. The van der Waals surface area contributed by atoms with Crippen molar-refractivity contribution in [2.24, 2.45) is 0 Å². The number of para-hydroxylation sites is 2. The van der Waals surface area contributed by atoms with Gasteiger partial charge in [-0.25, -0.2) is 0 Å². The van der Waals surface area contributed by atoms with E-state index >= 15 is 0 Å².